The number of nitrogens with two attached hydrogens (primary N) is 1. The SMILES string of the molecule is Nc1cc(F)cc(C(=O)NCC2(CO)CC2)c1F. The van der Waals surface area contributed by atoms with Crippen LogP contribution in [0.15, 0.2) is 12.1 Å². The van der Waals surface area contributed by atoms with Crippen molar-refractivity contribution in [2.45, 2.75) is 12.8 Å². The highest BCUT2D eigenvalue weighted by molar-refractivity contribution is 5.95. The first-order valence-electron chi connectivity index (χ1n) is 5.61. The molecule has 18 heavy (non-hydrogen) atoms. The average molecular weight is 256 g/mol. The first-order valence-corrected chi connectivity index (χ1v) is 5.61. The Morgan fingerprint density at radius 2 is 2.11 bits per heavy atom. The number of anilines is 1. The third-order valence-corrected chi connectivity index (χ3v) is 3.23. The molecule has 0 bridgehead atoms. The number of nitrogen functional groups attached to an aromatic ring is 1. The number of hydrogen-bond acceptors (Lipinski definition) is 3. The predicted octanol–water partition coefficient (Wildman–Crippen LogP) is 1.05. The molecular formula is C12H14F2N2O2. The van der Waals surface area contributed by atoms with Crippen molar-refractivity contribution in [2.75, 3.05) is 18.9 Å². The third kappa shape index (κ3) is 2.43. The molecule has 1 aromatic carbocycles. The minimum Gasteiger partial charge on any atom is -0.396 e. The van der Waals surface area contributed by atoms with Gasteiger partial charge in [-0.15, -0.1) is 0 Å². The van der Waals surface area contributed by atoms with E-state index in [0.717, 1.165) is 25.0 Å². The Morgan fingerprint density at radius 3 is 2.67 bits per heavy atom. The maximum absolute atomic E-state index is 13.5. The molecule has 6 heteroatoms. The number of carbonyl (C=O) groups is 1. The summed E-state index contributed by atoms with van der Waals surface area (Å²) in [6.45, 7) is 0.221. The fraction of sp³-hybridized carbons (Fsp3) is 0.417. The van der Waals surface area contributed by atoms with Gasteiger partial charge in [-0.3, -0.25) is 4.79 Å². The number of rotatable bonds is 4. The zero-order valence-electron chi connectivity index (χ0n) is 9.67. The number of nitrogens with one attached hydrogen (secondary N) is 1. The molecule has 1 aromatic rings. The van der Waals surface area contributed by atoms with Crippen LogP contribution in [0.4, 0.5) is 14.5 Å². The van der Waals surface area contributed by atoms with Gasteiger partial charge in [-0.25, -0.2) is 8.78 Å². The summed E-state index contributed by atoms with van der Waals surface area (Å²) in [6, 6.07) is 1.63. The van der Waals surface area contributed by atoms with Crippen molar-refractivity contribution < 1.29 is 18.7 Å². The zero-order chi connectivity index (χ0) is 13.3. The van der Waals surface area contributed by atoms with Crippen LogP contribution in [0.25, 0.3) is 0 Å². The molecule has 4 N–H and O–H groups in total. The van der Waals surface area contributed by atoms with Gasteiger partial charge in [-0.2, -0.15) is 0 Å². The highest BCUT2D eigenvalue weighted by Gasteiger charge is 2.42. The van der Waals surface area contributed by atoms with Gasteiger partial charge in [-0.05, 0) is 25.0 Å². The van der Waals surface area contributed by atoms with Gasteiger partial charge in [0.2, 0.25) is 0 Å². The fourth-order valence-electron chi connectivity index (χ4n) is 1.71. The molecule has 0 saturated heterocycles. The Balaban J connectivity index is 2.09. The lowest BCUT2D eigenvalue weighted by Gasteiger charge is -2.13. The Morgan fingerprint density at radius 1 is 1.44 bits per heavy atom. The standard InChI is InChI=1S/C12H14F2N2O2/c13-7-3-8(10(14)9(15)4-7)11(18)16-5-12(6-17)1-2-12/h3-4,17H,1-2,5-6,15H2,(H,16,18). The molecule has 1 aliphatic rings. The van der Waals surface area contributed by atoms with E-state index in [-0.39, 0.29) is 18.6 Å². The lowest BCUT2D eigenvalue weighted by atomic mass is 10.1. The summed E-state index contributed by atoms with van der Waals surface area (Å²) in [4.78, 5) is 11.7. The molecule has 1 aliphatic carbocycles. The molecule has 1 fully saturated rings. The lowest BCUT2D eigenvalue weighted by Crippen LogP contribution is -2.32. The van der Waals surface area contributed by atoms with E-state index in [1.807, 2.05) is 0 Å². The quantitative estimate of drug-likeness (QED) is 0.705. The maximum atomic E-state index is 13.5. The highest BCUT2D eigenvalue weighted by Crippen LogP contribution is 2.44. The van der Waals surface area contributed by atoms with Crippen LogP contribution in [0.1, 0.15) is 23.2 Å². The molecule has 2 rings (SSSR count). The number of aliphatic hydroxyl groups excluding tert-OH is 1. The first kappa shape index (κ1) is 12.8. The van der Waals surface area contributed by atoms with E-state index in [1.165, 1.54) is 0 Å². The van der Waals surface area contributed by atoms with Crippen LogP contribution in [-0.4, -0.2) is 24.2 Å². The Hall–Kier alpha value is -1.69. The molecule has 1 amide bonds. The number of halogens is 2. The Bertz CT molecular complexity index is 487. The smallest absolute Gasteiger partial charge is 0.254 e. The van der Waals surface area contributed by atoms with E-state index in [4.69, 9.17) is 10.8 Å². The van der Waals surface area contributed by atoms with Crippen LogP contribution >= 0.6 is 0 Å². The molecule has 1 saturated carbocycles. The summed E-state index contributed by atoms with van der Waals surface area (Å²) in [5.74, 6) is -2.41. The van der Waals surface area contributed by atoms with E-state index in [1.54, 1.807) is 0 Å². The van der Waals surface area contributed by atoms with Crippen molar-refractivity contribution >= 4 is 11.6 Å². The summed E-state index contributed by atoms with van der Waals surface area (Å²) in [5, 5.41) is 11.6. The molecule has 0 unspecified atom stereocenters. The van der Waals surface area contributed by atoms with Crippen molar-refractivity contribution in [1.29, 1.82) is 0 Å². The molecule has 0 atom stereocenters. The van der Waals surface area contributed by atoms with Crippen molar-refractivity contribution in [3.63, 3.8) is 0 Å². The summed E-state index contributed by atoms with van der Waals surface area (Å²) >= 11 is 0. The number of carbonyl (C=O) groups excluding carboxylic acids is 1. The van der Waals surface area contributed by atoms with Crippen molar-refractivity contribution in [1.82, 2.24) is 5.32 Å². The molecule has 0 radical (unpaired) electrons. The molecule has 0 aromatic heterocycles. The van der Waals surface area contributed by atoms with E-state index in [9.17, 15) is 13.6 Å². The second-order valence-corrected chi connectivity index (χ2v) is 4.70. The van der Waals surface area contributed by atoms with Gasteiger partial charge in [0.25, 0.3) is 5.91 Å². The highest BCUT2D eigenvalue weighted by atomic mass is 19.1. The van der Waals surface area contributed by atoms with E-state index >= 15 is 0 Å². The number of amides is 1. The van der Waals surface area contributed by atoms with Crippen molar-refractivity contribution in [2.24, 2.45) is 5.41 Å². The van der Waals surface area contributed by atoms with Crippen LogP contribution in [0.5, 0.6) is 0 Å². The second-order valence-electron chi connectivity index (χ2n) is 4.70. The number of benzene rings is 1. The monoisotopic (exact) mass is 256 g/mol. The molecule has 0 heterocycles. The molecular weight excluding hydrogens is 242 g/mol. The summed E-state index contributed by atoms with van der Waals surface area (Å²) in [6.07, 6.45) is 1.63. The third-order valence-electron chi connectivity index (χ3n) is 3.23. The summed E-state index contributed by atoms with van der Waals surface area (Å²) < 4.78 is 26.6. The van der Waals surface area contributed by atoms with Gasteiger partial charge >= 0.3 is 0 Å². The second kappa shape index (κ2) is 4.53. The van der Waals surface area contributed by atoms with Gasteiger partial charge in [-0.1, -0.05) is 0 Å². The van der Waals surface area contributed by atoms with E-state index in [0.29, 0.717) is 0 Å². The van der Waals surface area contributed by atoms with Crippen LogP contribution in [-0.2, 0) is 0 Å². The number of aliphatic hydroxyl groups is 1. The minimum atomic E-state index is -0.928. The minimum absolute atomic E-state index is 0.0267. The largest absolute Gasteiger partial charge is 0.396 e. The first-order chi connectivity index (χ1) is 8.47. The van der Waals surface area contributed by atoms with Gasteiger partial charge in [0.05, 0.1) is 17.9 Å². The van der Waals surface area contributed by atoms with Crippen LogP contribution < -0.4 is 11.1 Å². The maximum Gasteiger partial charge on any atom is 0.254 e. The van der Waals surface area contributed by atoms with Crippen molar-refractivity contribution in [3.8, 4) is 0 Å². The summed E-state index contributed by atoms with van der Waals surface area (Å²) in [5.41, 5.74) is 4.14. The molecule has 0 aliphatic heterocycles. The normalized spacial score (nSPS) is 16.4. The Labute approximate surface area is 103 Å². The van der Waals surface area contributed by atoms with Gasteiger partial charge < -0.3 is 16.2 Å². The van der Waals surface area contributed by atoms with E-state index in [2.05, 4.69) is 5.32 Å². The molecule has 0 spiro atoms. The topological polar surface area (TPSA) is 75.4 Å². The summed E-state index contributed by atoms with van der Waals surface area (Å²) in [7, 11) is 0. The number of hydrogen-bond donors (Lipinski definition) is 3. The van der Waals surface area contributed by atoms with Crippen LogP contribution in [0.3, 0.4) is 0 Å². The predicted molar refractivity (Wildman–Crippen MR) is 61.9 cm³/mol. The lowest BCUT2D eigenvalue weighted by molar-refractivity contribution is 0.0931. The van der Waals surface area contributed by atoms with Crippen molar-refractivity contribution in [3.05, 3.63) is 29.3 Å². The van der Waals surface area contributed by atoms with E-state index < -0.39 is 28.8 Å². The van der Waals surface area contributed by atoms with Crippen LogP contribution in [0, 0.1) is 17.0 Å². The Kier molecular flexibility index (Phi) is 3.21. The zero-order valence-corrected chi connectivity index (χ0v) is 9.67. The van der Waals surface area contributed by atoms with Crippen LogP contribution in [0.2, 0.25) is 0 Å². The van der Waals surface area contributed by atoms with Gasteiger partial charge in [0, 0.05) is 12.0 Å². The molecule has 4 nitrogen and oxygen atoms in total. The van der Waals surface area contributed by atoms with Gasteiger partial charge in [0.15, 0.2) is 5.82 Å². The average Bonchev–Trinajstić information content (AvgIpc) is 3.11. The fourth-order valence-corrected chi connectivity index (χ4v) is 1.71. The molecule has 98 valence electrons. The van der Waals surface area contributed by atoms with Gasteiger partial charge in [0.1, 0.15) is 5.82 Å².